The molecular weight excluding hydrogens is 284 g/mol. The molecule has 1 aromatic heterocycles. The summed E-state index contributed by atoms with van der Waals surface area (Å²) in [5.41, 5.74) is 6.78. The third-order valence-corrected chi connectivity index (χ3v) is 2.98. The number of nitrogens with zero attached hydrogens (tertiary/aromatic N) is 2. The summed E-state index contributed by atoms with van der Waals surface area (Å²) in [6, 6.07) is 5.04. The fraction of sp³-hybridized carbons (Fsp3) is 0.0833. The minimum Gasteiger partial charge on any atom is -0.321 e. The van der Waals surface area contributed by atoms with Crippen molar-refractivity contribution in [2.75, 3.05) is 11.9 Å². The van der Waals surface area contributed by atoms with E-state index in [1.165, 1.54) is 0 Å². The Kier molecular flexibility index (Phi) is 4.47. The standard InChI is InChI=1S/C12H9ClN4OS/c13-10-4-3-9(6-8(10)2-1-5-14)15-12(18)11-7-19-17-16-11/h3-4,6-7H,5,14H2,(H,15,18). The van der Waals surface area contributed by atoms with Crippen molar-refractivity contribution in [3.8, 4) is 11.8 Å². The number of amides is 1. The Morgan fingerprint density at radius 1 is 1.53 bits per heavy atom. The minimum absolute atomic E-state index is 0.247. The maximum absolute atomic E-state index is 11.8. The zero-order chi connectivity index (χ0) is 13.7. The van der Waals surface area contributed by atoms with Gasteiger partial charge >= 0.3 is 0 Å². The van der Waals surface area contributed by atoms with Gasteiger partial charge in [0.05, 0.1) is 11.6 Å². The first-order valence-electron chi connectivity index (χ1n) is 5.27. The molecule has 0 saturated carbocycles. The normalized spacial score (nSPS) is 9.58. The molecule has 0 atom stereocenters. The number of hydrogen-bond donors (Lipinski definition) is 2. The van der Waals surface area contributed by atoms with E-state index in [-0.39, 0.29) is 18.1 Å². The van der Waals surface area contributed by atoms with Crippen molar-refractivity contribution in [2.24, 2.45) is 5.73 Å². The van der Waals surface area contributed by atoms with Crippen LogP contribution in [0.4, 0.5) is 5.69 Å². The van der Waals surface area contributed by atoms with Crippen LogP contribution in [0.2, 0.25) is 5.02 Å². The van der Waals surface area contributed by atoms with Gasteiger partial charge in [-0.1, -0.05) is 27.9 Å². The highest BCUT2D eigenvalue weighted by Crippen LogP contribution is 2.20. The van der Waals surface area contributed by atoms with Crippen molar-refractivity contribution >= 4 is 34.7 Å². The highest BCUT2D eigenvalue weighted by Gasteiger charge is 2.09. The molecule has 0 aliphatic rings. The predicted octanol–water partition coefficient (Wildman–Crippen LogP) is 1.75. The summed E-state index contributed by atoms with van der Waals surface area (Å²) >= 11 is 7.11. The summed E-state index contributed by atoms with van der Waals surface area (Å²) in [4.78, 5) is 11.8. The number of nitrogens with one attached hydrogen (secondary N) is 1. The Balaban J connectivity index is 2.19. The maximum atomic E-state index is 11.8. The summed E-state index contributed by atoms with van der Waals surface area (Å²) in [6.07, 6.45) is 0. The molecule has 96 valence electrons. The van der Waals surface area contributed by atoms with Crippen LogP contribution in [0.25, 0.3) is 0 Å². The SMILES string of the molecule is NCC#Cc1cc(NC(=O)c2csnn2)ccc1Cl. The molecule has 3 N–H and O–H groups in total. The van der Waals surface area contributed by atoms with E-state index in [0.29, 0.717) is 16.3 Å². The summed E-state index contributed by atoms with van der Waals surface area (Å²) in [5, 5.41) is 8.46. The summed E-state index contributed by atoms with van der Waals surface area (Å²) in [6.45, 7) is 0.247. The topological polar surface area (TPSA) is 80.9 Å². The molecule has 5 nitrogen and oxygen atoms in total. The van der Waals surface area contributed by atoms with E-state index < -0.39 is 0 Å². The summed E-state index contributed by atoms with van der Waals surface area (Å²) in [7, 11) is 0. The van der Waals surface area contributed by atoms with Crippen molar-refractivity contribution in [3.05, 3.63) is 39.9 Å². The zero-order valence-corrected chi connectivity index (χ0v) is 11.3. The third kappa shape index (κ3) is 3.51. The van der Waals surface area contributed by atoms with E-state index in [9.17, 15) is 4.79 Å². The number of carbonyl (C=O) groups is 1. The van der Waals surface area contributed by atoms with Gasteiger partial charge in [-0.3, -0.25) is 4.79 Å². The van der Waals surface area contributed by atoms with E-state index in [2.05, 4.69) is 26.7 Å². The van der Waals surface area contributed by atoms with Gasteiger partial charge in [0.1, 0.15) is 0 Å². The number of carbonyl (C=O) groups excluding carboxylic acids is 1. The largest absolute Gasteiger partial charge is 0.321 e. The highest BCUT2D eigenvalue weighted by atomic mass is 35.5. The molecule has 0 aliphatic heterocycles. The first kappa shape index (κ1) is 13.5. The van der Waals surface area contributed by atoms with Gasteiger partial charge in [-0.15, -0.1) is 5.10 Å². The first-order chi connectivity index (χ1) is 9.20. The Labute approximate surface area is 118 Å². The van der Waals surface area contributed by atoms with Crippen LogP contribution in [-0.4, -0.2) is 22.0 Å². The lowest BCUT2D eigenvalue weighted by Crippen LogP contribution is -2.12. The van der Waals surface area contributed by atoms with E-state index in [4.69, 9.17) is 17.3 Å². The molecule has 0 unspecified atom stereocenters. The van der Waals surface area contributed by atoms with E-state index in [1.54, 1.807) is 23.6 Å². The average Bonchev–Trinajstić information content (AvgIpc) is 2.93. The minimum atomic E-state index is -0.325. The number of hydrogen-bond acceptors (Lipinski definition) is 5. The number of aromatic nitrogens is 2. The van der Waals surface area contributed by atoms with Crippen LogP contribution in [0.5, 0.6) is 0 Å². The number of benzene rings is 1. The molecule has 1 amide bonds. The molecular formula is C12H9ClN4OS. The van der Waals surface area contributed by atoms with Gasteiger partial charge in [0.15, 0.2) is 5.69 Å². The lowest BCUT2D eigenvalue weighted by atomic mass is 10.2. The van der Waals surface area contributed by atoms with Crippen LogP contribution in [0.15, 0.2) is 23.6 Å². The Hall–Kier alpha value is -1.94. The van der Waals surface area contributed by atoms with E-state index >= 15 is 0 Å². The van der Waals surface area contributed by atoms with Crippen molar-refractivity contribution < 1.29 is 4.79 Å². The molecule has 1 heterocycles. The molecule has 0 radical (unpaired) electrons. The second-order valence-corrected chi connectivity index (χ2v) is 4.46. The van der Waals surface area contributed by atoms with Crippen molar-refractivity contribution in [1.29, 1.82) is 0 Å². The lowest BCUT2D eigenvalue weighted by Gasteiger charge is -2.04. The lowest BCUT2D eigenvalue weighted by molar-refractivity contribution is 0.102. The van der Waals surface area contributed by atoms with Crippen molar-refractivity contribution in [3.63, 3.8) is 0 Å². The van der Waals surface area contributed by atoms with Gasteiger partial charge in [0.2, 0.25) is 0 Å². The molecule has 0 fully saturated rings. The van der Waals surface area contributed by atoms with Crippen LogP contribution >= 0.6 is 23.1 Å². The zero-order valence-electron chi connectivity index (χ0n) is 9.68. The quantitative estimate of drug-likeness (QED) is 0.826. The average molecular weight is 293 g/mol. The van der Waals surface area contributed by atoms with Crippen molar-refractivity contribution in [1.82, 2.24) is 9.59 Å². The summed E-state index contributed by atoms with van der Waals surface area (Å²) < 4.78 is 3.63. The number of halogens is 1. The van der Waals surface area contributed by atoms with E-state index in [0.717, 1.165) is 11.5 Å². The number of rotatable bonds is 2. The van der Waals surface area contributed by atoms with Gasteiger partial charge in [-0.2, -0.15) is 0 Å². The van der Waals surface area contributed by atoms with E-state index in [1.807, 2.05) is 0 Å². The fourth-order valence-electron chi connectivity index (χ4n) is 1.30. The number of anilines is 1. The van der Waals surface area contributed by atoms with Gasteiger partial charge in [0, 0.05) is 16.6 Å². The fourth-order valence-corrected chi connectivity index (χ4v) is 1.90. The molecule has 0 aliphatic carbocycles. The third-order valence-electron chi connectivity index (χ3n) is 2.14. The van der Waals surface area contributed by atoms with Crippen LogP contribution in [0.3, 0.4) is 0 Å². The number of nitrogens with two attached hydrogens (primary N) is 1. The first-order valence-corrected chi connectivity index (χ1v) is 6.49. The summed E-state index contributed by atoms with van der Waals surface area (Å²) in [5.74, 6) is 5.23. The molecule has 0 bridgehead atoms. The Morgan fingerprint density at radius 3 is 3.05 bits per heavy atom. The molecule has 2 rings (SSSR count). The van der Waals surface area contributed by atoms with Crippen LogP contribution in [-0.2, 0) is 0 Å². The molecule has 2 aromatic rings. The molecule has 0 saturated heterocycles. The molecule has 19 heavy (non-hydrogen) atoms. The Morgan fingerprint density at radius 2 is 2.37 bits per heavy atom. The molecule has 7 heteroatoms. The maximum Gasteiger partial charge on any atom is 0.277 e. The Bertz CT molecular complexity index is 645. The second kappa shape index (κ2) is 6.29. The van der Waals surface area contributed by atoms with Gasteiger partial charge in [0.25, 0.3) is 5.91 Å². The van der Waals surface area contributed by atoms with Gasteiger partial charge in [-0.05, 0) is 29.7 Å². The monoisotopic (exact) mass is 292 g/mol. The molecule has 1 aromatic carbocycles. The van der Waals surface area contributed by atoms with Crippen molar-refractivity contribution in [2.45, 2.75) is 0 Å². The second-order valence-electron chi connectivity index (χ2n) is 3.44. The smallest absolute Gasteiger partial charge is 0.277 e. The van der Waals surface area contributed by atoms with Crippen LogP contribution in [0, 0.1) is 11.8 Å². The van der Waals surface area contributed by atoms with Gasteiger partial charge in [-0.25, -0.2) is 0 Å². The predicted molar refractivity (Wildman–Crippen MR) is 75.2 cm³/mol. The van der Waals surface area contributed by atoms with Crippen LogP contribution in [0.1, 0.15) is 16.1 Å². The highest BCUT2D eigenvalue weighted by molar-refractivity contribution is 7.03. The molecule has 0 spiro atoms. The van der Waals surface area contributed by atoms with Gasteiger partial charge < -0.3 is 11.1 Å². The van der Waals surface area contributed by atoms with Crippen LogP contribution < -0.4 is 11.1 Å².